The van der Waals surface area contributed by atoms with Crippen LogP contribution in [-0.4, -0.2) is 29.4 Å². The van der Waals surface area contributed by atoms with Gasteiger partial charge < -0.3 is 15.5 Å². The molecular formula is C8H7N2NaO4S. The number of carbonyl (C=O) groups is 2. The molecule has 0 aliphatic rings. The number of aliphatic carboxylic acids is 1. The van der Waals surface area contributed by atoms with Crippen LogP contribution in [0.2, 0.25) is 0 Å². The molecule has 0 radical (unpaired) electrons. The van der Waals surface area contributed by atoms with E-state index in [0.717, 1.165) is 11.3 Å². The van der Waals surface area contributed by atoms with Gasteiger partial charge in [-0.25, -0.2) is 9.78 Å². The molecule has 1 aromatic rings. The van der Waals surface area contributed by atoms with Crippen molar-refractivity contribution in [3.05, 3.63) is 16.8 Å². The third-order valence-electron chi connectivity index (χ3n) is 1.60. The Hall–Kier alpha value is -0.890. The van der Waals surface area contributed by atoms with E-state index < -0.39 is 17.3 Å². The van der Waals surface area contributed by atoms with Crippen molar-refractivity contribution in [2.24, 2.45) is 0 Å². The minimum atomic E-state index is -1.55. The average molecular weight is 250 g/mol. The predicted octanol–water partition coefficient (Wildman–Crippen LogP) is -3.46. The normalized spacial score (nSPS) is 11.1. The second-order valence-corrected chi connectivity index (χ2v) is 3.30. The minimum absolute atomic E-state index is 0. The fourth-order valence-corrected chi connectivity index (χ4v) is 1.55. The van der Waals surface area contributed by atoms with E-state index in [9.17, 15) is 14.7 Å². The number of carbonyl (C=O) groups excluding carboxylic acids is 1. The number of thiazole rings is 1. The van der Waals surface area contributed by atoms with Crippen LogP contribution in [0.15, 0.2) is 11.1 Å². The van der Waals surface area contributed by atoms with E-state index in [1.54, 1.807) is 7.05 Å². The zero-order valence-corrected chi connectivity index (χ0v) is 11.5. The summed E-state index contributed by atoms with van der Waals surface area (Å²) in [6.07, 6.45) is 0.0173. The monoisotopic (exact) mass is 250 g/mol. The molecule has 0 saturated heterocycles. The number of carboxylic acid groups (broad SMARTS) is 1. The number of hydrogen-bond donors (Lipinski definition) is 2. The van der Waals surface area contributed by atoms with Gasteiger partial charge in [0.1, 0.15) is 5.00 Å². The van der Waals surface area contributed by atoms with E-state index in [1.165, 1.54) is 5.51 Å². The van der Waals surface area contributed by atoms with Crippen molar-refractivity contribution in [3.8, 4) is 0 Å². The van der Waals surface area contributed by atoms with Crippen molar-refractivity contribution >= 4 is 34.4 Å². The molecule has 0 fully saturated rings. The van der Waals surface area contributed by atoms with Gasteiger partial charge in [0.05, 0.1) is 16.8 Å². The summed E-state index contributed by atoms with van der Waals surface area (Å²) >= 11 is 1.15. The third-order valence-corrected chi connectivity index (χ3v) is 2.45. The zero-order valence-electron chi connectivity index (χ0n) is 8.68. The van der Waals surface area contributed by atoms with Crippen LogP contribution in [0.1, 0.15) is 5.69 Å². The number of hydrogen-bond acceptors (Lipinski definition) is 6. The van der Waals surface area contributed by atoms with Crippen LogP contribution < -0.4 is 40.0 Å². The first-order valence-corrected chi connectivity index (χ1v) is 4.71. The van der Waals surface area contributed by atoms with Gasteiger partial charge in [0.2, 0.25) is 0 Å². The number of anilines is 1. The molecule has 2 N–H and O–H groups in total. The molecule has 0 amide bonds. The second-order valence-electron chi connectivity index (χ2n) is 2.45. The number of nitrogens with one attached hydrogen (secondary N) is 1. The number of rotatable bonds is 4. The first-order chi connectivity index (χ1) is 7.11. The Morgan fingerprint density at radius 2 is 2.31 bits per heavy atom. The van der Waals surface area contributed by atoms with E-state index in [1.807, 2.05) is 0 Å². The van der Waals surface area contributed by atoms with Gasteiger partial charge >= 0.3 is 35.5 Å². The van der Waals surface area contributed by atoms with Crippen LogP contribution in [0.3, 0.4) is 0 Å². The molecule has 1 aromatic heterocycles. The largest absolute Gasteiger partial charge is 1.00 e. The Balaban J connectivity index is 0.00000225. The number of aromatic nitrogens is 1. The van der Waals surface area contributed by atoms with E-state index in [4.69, 9.17) is 5.11 Å². The number of nitrogens with zero attached hydrogens (tertiary/aromatic N) is 1. The van der Waals surface area contributed by atoms with Crippen LogP contribution in [0.25, 0.3) is 5.76 Å². The first kappa shape index (κ1) is 15.1. The van der Waals surface area contributed by atoms with Crippen LogP contribution >= 0.6 is 11.3 Å². The predicted molar refractivity (Wildman–Crippen MR) is 52.3 cm³/mol. The summed E-state index contributed by atoms with van der Waals surface area (Å²) in [5.74, 6) is -2.44. The van der Waals surface area contributed by atoms with Crippen molar-refractivity contribution in [3.63, 3.8) is 0 Å². The summed E-state index contributed by atoms with van der Waals surface area (Å²) in [6, 6.07) is 0. The summed E-state index contributed by atoms with van der Waals surface area (Å²) in [5.41, 5.74) is 0.521. The summed E-state index contributed by atoms with van der Waals surface area (Å²) in [5, 5.41) is 23.2. The van der Waals surface area contributed by atoms with Crippen LogP contribution in [-0.2, 0) is 9.59 Å². The maximum absolute atomic E-state index is 11.5. The van der Waals surface area contributed by atoms with Gasteiger partial charge in [-0.15, -0.1) is 11.3 Å². The SMILES string of the molecule is CNc1scnc1/C([O-])=C(\C=O)C(=O)O.[Na+]. The fourth-order valence-electron chi connectivity index (χ4n) is 0.914. The van der Waals surface area contributed by atoms with Crippen molar-refractivity contribution in [2.75, 3.05) is 12.4 Å². The van der Waals surface area contributed by atoms with E-state index in [-0.39, 0.29) is 41.5 Å². The Morgan fingerprint density at radius 3 is 2.75 bits per heavy atom. The van der Waals surface area contributed by atoms with E-state index in [2.05, 4.69) is 10.3 Å². The smallest absolute Gasteiger partial charge is 0.870 e. The molecule has 0 atom stereocenters. The third kappa shape index (κ3) is 3.05. The summed E-state index contributed by atoms with van der Waals surface area (Å²) < 4.78 is 0. The molecule has 16 heavy (non-hydrogen) atoms. The molecule has 0 bridgehead atoms. The average Bonchev–Trinajstić information content (AvgIpc) is 2.65. The molecule has 0 aliphatic carbocycles. The molecule has 1 heterocycles. The maximum atomic E-state index is 11.5. The van der Waals surface area contributed by atoms with Gasteiger partial charge in [0.25, 0.3) is 0 Å². The Kier molecular flexibility index (Phi) is 6.27. The van der Waals surface area contributed by atoms with Gasteiger partial charge in [0, 0.05) is 7.05 Å². The molecule has 0 aromatic carbocycles. The second kappa shape index (κ2) is 6.64. The van der Waals surface area contributed by atoms with E-state index >= 15 is 0 Å². The fraction of sp³-hybridized carbons (Fsp3) is 0.125. The molecule has 1 rings (SSSR count). The van der Waals surface area contributed by atoms with Crippen LogP contribution in [0.5, 0.6) is 0 Å². The Labute approximate surface area is 117 Å². The van der Waals surface area contributed by atoms with Gasteiger partial charge in [-0.1, -0.05) is 5.76 Å². The Bertz CT molecular complexity index is 429. The van der Waals surface area contributed by atoms with E-state index in [0.29, 0.717) is 5.00 Å². The van der Waals surface area contributed by atoms with Crippen molar-refractivity contribution in [1.29, 1.82) is 0 Å². The Morgan fingerprint density at radius 1 is 1.69 bits per heavy atom. The molecule has 0 spiro atoms. The first-order valence-electron chi connectivity index (χ1n) is 3.83. The molecule has 0 unspecified atom stereocenters. The number of aldehydes is 1. The van der Waals surface area contributed by atoms with Gasteiger partial charge in [-0.2, -0.15) is 0 Å². The summed E-state index contributed by atoms with van der Waals surface area (Å²) in [7, 11) is 1.58. The van der Waals surface area contributed by atoms with Gasteiger partial charge in [-0.05, 0) is 0 Å². The molecule has 6 nitrogen and oxygen atoms in total. The zero-order chi connectivity index (χ0) is 11.4. The van der Waals surface area contributed by atoms with Gasteiger partial charge in [0.15, 0.2) is 6.29 Å². The molecule has 8 heteroatoms. The maximum Gasteiger partial charge on any atom is 1.00 e. The number of carboxylic acids is 1. The molecule has 0 aliphatic heterocycles. The van der Waals surface area contributed by atoms with Crippen molar-refractivity contribution in [2.45, 2.75) is 0 Å². The molecule has 80 valence electrons. The van der Waals surface area contributed by atoms with Crippen LogP contribution in [0.4, 0.5) is 5.00 Å². The molecular weight excluding hydrogens is 243 g/mol. The van der Waals surface area contributed by atoms with Crippen LogP contribution in [0, 0.1) is 0 Å². The summed E-state index contributed by atoms with van der Waals surface area (Å²) in [6.45, 7) is 0. The quantitative estimate of drug-likeness (QED) is 0.144. The van der Waals surface area contributed by atoms with Crippen molar-refractivity contribution in [1.82, 2.24) is 4.98 Å². The molecule has 0 saturated carbocycles. The standard InChI is InChI=1S/C8H8N2O4S.Na/c1-9-7-5(10-3-15-7)6(12)4(2-11)8(13)14;/h2-3,9,12H,1H3,(H,13,14);/q;+1/p-1/b6-4-;. The van der Waals surface area contributed by atoms with Crippen molar-refractivity contribution < 1.29 is 49.4 Å². The van der Waals surface area contributed by atoms with Gasteiger partial charge in [-0.3, -0.25) is 4.79 Å². The topological polar surface area (TPSA) is 102 Å². The minimum Gasteiger partial charge on any atom is -0.870 e. The summed E-state index contributed by atoms with van der Waals surface area (Å²) in [4.78, 5) is 24.6.